The number of thiazole rings is 1. The fourth-order valence-corrected chi connectivity index (χ4v) is 4.45. The van der Waals surface area contributed by atoms with Crippen molar-refractivity contribution in [3.05, 3.63) is 51.5 Å². The number of anilines is 2. The molecule has 1 aromatic heterocycles. The monoisotopic (exact) mass is 447 g/mol. The van der Waals surface area contributed by atoms with Crippen molar-refractivity contribution in [2.45, 2.75) is 0 Å². The fraction of sp³-hybridized carbons (Fsp3) is 0.263. The highest BCUT2D eigenvalue weighted by molar-refractivity contribution is 7.22. The standard InChI is InChI=1S/C19H18ClN5O4S/c1-29-16-5-2-12(20)10-15(16)21-18(26)23-6-8-24(9-7-23)19-22-14-4-3-13(25(27)28)11-17(14)30-19/h2-5,10-11H,6-9H2,1H3,(H,21,26). The number of halogens is 1. The molecule has 0 atom stereocenters. The van der Waals surface area contributed by atoms with Crippen molar-refractivity contribution in [1.29, 1.82) is 0 Å². The number of piperazine rings is 1. The van der Waals surface area contributed by atoms with E-state index in [1.807, 2.05) is 0 Å². The summed E-state index contributed by atoms with van der Waals surface area (Å²) in [5, 5.41) is 15.1. The summed E-state index contributed by atoms with van der Waals surface area (Å²) in [5.41, 5.74) is 1.30. The molecule has 156 valence electrons. The molecule has 9 nitrogen and oxygen atoms in total. The normalized spacial score (nSPS) is 14.1. The van der Waals surface area contributed by atoms with E-state index in [0.29, 0.717) is 42.6 Å². The number of nitro groups is 1. The average Bonchev–Trinajstić information content (AvgIpc) is 3.17. The number of rotatable bonds is 4. The second-order valence-electron chi connectivity index (χ2n) is 6.65. The van der Waals surface area contributed by atoms with Gasteiger partial charge in [-0.2, -0.15) is 0 Å². The second kappa shape index (κ2) is 8.33. The Morgan fingerprint density at radius 3 is 2.70 bits per heavy atom. The lowest BCUT2D eigenvalue weighted by molar-refractivity contribution is -0.384. The van der Waals surface area contributed by atoms with Crippen LogP contribution in [0.5, 0.6) is 5.75 Å². The third-order valence-corrected chi connectivity index (χ3v) is 6.13. The summed E-state index contributed by atoms with van der Waals surface area (Å²) in [4.78, 5) is 31.6. The molecule has 0 saturated carbocycles. The van der Waals surface area contributed by atoms with Gasteiger partial charge in [-0.3, -0.25) is 10.1 Å². The molecule has 30 heavy (non-hydrogen) atoms. The second-order valence-corrected chi connectivity index (χ2v) is 8.10. The average molecular weight is 448 g/mol. The zero-order valence-electron chi connectivity index (χ0n) is 16.0. The summed E-state index contributed by atoms with van der Waals surface area (Å²) >= 11 is 7.43. The number of amides is 2. The van der Waals surface area contributed by atoms with E-state index in [4.69, 9.17) is 16.3 Å². The lowest BCUT2D eigenvalue weighted by atomic mass is 10.3. The predicted octanol–water partition coefficient (Wildman–Crippen LogP) is 4.22. The quantitative estimate of drug-likeness (QED) is 0.474. The van der Waals surface area contributed by atoms with E-state index in [1.54, 1.807) is 35.2 Å². The Labute approximate surface area is 181 Å². The molecule has 2 heterocycles. The maximum absolute atomic E-state index is 12.7. The molecule has 2 aromatic carbocycles. The smallest absolute Gasteiger partial charge is 0.322 e. The van der Waals surface area contributed by atoms with E-state index >= 15 is 0 Å². The van der Waals surface area contributed by atoms with Gasteiger partial charge in [-0.15, -0.1) is 0 Å². The number of aromatic nitrogens is 1. The van der Waals surface area contributed by atoms with E-state index in [9.17, 15) is 14.9 Å². The Bertz CT molecular complexity index is 1110. The summed E-state index contributed by atoms with van der Waals surface area (Å²) < 4.78 is 6.04. The van der Waals surface area contributed by atoms with Crippen LogP contribution in [-0.2, 0) is 0 Å². The van der Waals surface area contributed by atoms with Gasteiger partial charge in [0.25, 0.3) is 5.69 Å². The van der Waals surface area contributed by atoms with E-state index in [0.717, 1.165) is 15.3 Å². The number of nitrogens with zero attached hydrogens (tertiary/aromatic N) is 4. The van der Waals surface area contributed by atoms with Gasteiger partial charge in [0.05, 0.1) is 27.9 Å². The van der Waals surface area contributed by atoms with E-state index in [-0.39, 0.29) is 11.7 Å². The molecule has 4 rings (SSSR count). The number of urea groups is 1. The SMILES string of the molecule is COc1ccc(Cl)cc1NC(=O)N1CCN(c2nc3ccc([N+](=O)[O-])cc3s2)CC1. The van der Waals surface area contributed by atoms with Gasteiger partial charge in [-0.05, 0) is 24.3 Å². The Morgan fingerprint density at radius 1 is 1.23 bits per heavy atom. The van der Waals surface area contributed by atoms with Crippen LogP contribution in [0.3, 0.4) is 0 Å². The van der Waals surface area contributed by atoms with Crippen LogP contribution in [0, 0.1) is 10.1 Å². The van der Waals surface area contributed by atoms with Crippen molar-refractivity contribution in [1.82, 2.24) is 9.88 Å². The van der Waals surface area contributed by atoms with Crippen LogP contribution in [0.2, 0.25) is 5.02 Å². The molecular formula is C19H18ClN5O4S. The molecule has 11 heteroatoms. The Morgan fingerprint density at radius 2 is 2.00 bits per heavy atom. The first-order valence-corrected chi connectivity index (χ1v) is 10.3. The first kappa shape index (κ1) is 20.2. The number of hydrogen-bond donors (Lipinski definition) is 1. The molecule has 1 aliphatic heterocycles. The van der Waals surface area contributed by atoms with Gasteiger partial charge < -0.3 is 19.9 Å². The molecule has 0 unspecified atom stereocenters. The van der Waals surface area contributed by atoms with Crippen LogP contribution in [0.4, 0.5) is 21.3 Å². The summed E-state index contributed by atoms with van der Waals surface area (Å²) in [7, 11) is 1.53. The first-order valence-electron chi connectivity index (χ1n) is 9.14. The molecule has 0 radical (unpaired) electrons. The van der Waals surface area contributed by atoms with Crippen molar-refractivity contribution in [3.8, 4) is 5.75 Å². The van der Waals surface area contributed by atoms with Gasteiger partial charge in [-0.1, -0.05) is 22.9 Å². The van der Waals surface area contributed by atoms with Crippen molar-refractivity contribution in [2.75, 3.05) is 43.5 Å². The minimum atomic E-state index is -0.412. The highest BCUT2D eigenvalue weighted by atomic mass is 35.5. The van der Waals surface area contributed by atoms with Crippen molar-refractivity contribution < 1.29 is 14.5 Å². The first-order chi connectivity index (χ1) is 14.4. The lowest BCUT2D eigenvalue weighted by Crippen LogP contribution is -2.50. The number of ether oxygens (including phenoxy) is 1. The molecule has 2 amide bonds. The number of nitrogens with one attached hydrogen (secondary N) is 1. The van der Waals surface area contributed by atoms with Gasteiger partial charge in [-0.25, -0.2) is 9.78 Å². The Kier molecular flexibility index (Phi) is 5.60. The molecule has 1 fully saturated rings. The summed E-state index contributed by atoms with van der Waals surface area (Å²) in [6, 6.07) is 9.48. The van der Waals surface area contributed by atoms with Gasteiger partial charge in [0.15, 0.2) is 5.13 Å². The van der Waals surface area contributed by atoms with Gasteiger partial charge >= 0.3 is 6.03 Å². The highest BCUT2D eigenvalue weighted by Gasteiger charge is 2.24. The highest BCUT2D eigenvalue weighted by Crippen LogP contribution is 2.32. The number of nitro benzene ring substituents is 1. The van der Waals surface area contributed by atoms with Crippen molar-refractivity contribution >= 4 is 55.7 Å². The summed E-state index contributed by atoms with van der Waals surface area (Å²) in [6.07, 6.45) is 0. The van der Waals surface area contributed by atoms with E-state index < -0.39 is 4.92 Å². The van der Waals surface area contributed by atoms with E-state index in [2.05, 4.69) is 15.2 Å². The Hall–Kier alpha value is -3.11. The Balaban J connectivity index is 1.41. The minimum Gasteiger partial charge on any atom is -0.495 e. The number of non-ortho nitro benzene ring substituents is 1. The fourth-order valence-electron chi connectivity index (χ4n) is 3.22. The number of methoxy groups -OCH3 is 1. The van der Waals surface area contributed by atoms with E-state index in [1.165, 1.54) is 24.5 Å². The van der Waals surface area contributed by atoms with Crippen LogP contribution >= 0.6 is 22.9 Å². The van der Waals surface area contributed by atoms with Crippen LogP contribution in [0.1, 0.15) is 0 Å². The van der Waals surface area contributed by atoms with Crippen molar-refractivity contribution in [2.24, 2.45) is 0 Å². The number of hydrogen-bond acceptors (Lipinski definition) is 7. The van der Waals surface area contributed by atoms with Gasteiger partial charge in [0.2, 0.25) is 0 Å². The maximum atomic E-state index is 12.7. The zero-order valence-corrected chi connectivity index (χ0v) is 17.6. The number of benzene rings is 2. The molecule has 1 saturated heterocycles. The van der Waals surface area contributed by atoms with Gasteiger partial charge in [0.1, 0.15) is 5.75 Å². The minimum absolute atomic E-state index is 0.0515. The lowest BCUT2D eigenvalue weighted by Gasteiger charge is -2.34. The molecule has 0 spiro atoms. The topological polar surface area (TPSA) is 101 Å². The van der Waals surface area contributed by atoms with Crippen LogP contribution in [0.15, 0.2) is 36.4 Å². The molecule has 0 aliphatic carbocycles. The zero-order chi connectivity index (χ0) is 21.3. The molecule has 1 N–H and O–H groups in total. The predicted molar refractivity (Wildman–Crippen MR) is 117 cm³/mol. The number of carbonyl (C=O) groups is 1. The third-order valence-electron chi connectivity index (χ3n) is 4.81. The third kappa shape index (κ3) is 4.10. The number of carbonyl (C=O) groups excluding carboxylic acids is 1. The molecule has 0 bridgehead atoms. The largest absolute Gasteiger partial charge is 0.495 e. The summed E-state index contributed by atoms with van der Waals surface area (Å²) in [5.74, 6) is 0.537. The van der Waals surface area contributed by atoms with Gasteiger partial charge in [0, 0.05) is 43.3 Å². The van der Waals surface area contributed by atoms with Crippen LogP contribution < -0.4 is 15.0 Å². The molecule has 1 aliphatic rings. The van der Waals surface area contributed by atoms with Crippen LogP contribution in [0.25, 0.3) is 10.2 Å². The maximum Gasteiger partial charge on any atom is 0.322 e. The van der Waals surface area contributed by atoms with Crippen molar-refractivity contribution in [3.63, 3.8) is 0 Å². The molecular weight excluding hydrogens is 430 g/mol. The summed E-state index contributed by atoms with van der Waals surface area (Å²) in [6.45, 7) is 2.26. The molecule has 3 aromatic rings. The number of fused-ring (bicyclic) bond motifs is 1. The van der Waals surface area contributed by atoms with Crippen LogP contribution in [-0.4, -0.2) is 54.1 Å².